The third kappa shape index (κ3) is 2.25. The molecule has 6 heteroatoms. The molecule has 1 aliphatic rings. The number of aryl methyl sites for hydroxylation is 1. The van der Waals surface area contributed by atoms with Gasteiger partial charge in [0.1, 0.15) is 5.82 Å². The van der Waals surface area contributed by atoms with Gasteiger partial charge in [-0.25, -0.2) is 4.79 Å². The fourth-order valence-electron chi connectivity index (χ4n) is 2.81. The number of carboxylic acids is 1. The van der Waals surface area contributed by atoms with Crippen LogP contribution in [-0.2, 0) is 4.79 Å². The van der Waals surface area contributed by atoms with Crippen molar-refractivity contribution in [3.63, 3.8) is 0 Å². The van der Waals surface area contributed by atoms with Crippen LogP contribution in [0.15, 0.2) is 28.9 Å². The summed E-state index contributed by atoms with van der Waals surface area (Å²) in [5.41, 5.74) is 3.24. The Hall–Kier alpha value is -2.08. The van der Waals surface area contributed by atoms with E-state index in [0.29, 0.717) is 12.0 Å². The Kier molecular flexibility index (Phi) is 3.55. The minimum atomic E-state index is -0.865. The lowest BCUT2D eigenvalue weighted by Crippen LogP contribution is -2.23. The van der Waals surface area contributed by atoms with Gasteiger partial charge in [-0.2, -0.15) is 5.10 Å². The van der Waals surface area contributed by atoms with Crippen molar-refractivity contribution in [3.05, 3.63) is 44.9 Å². The molecule has 3 heterocycles. The first-order chi connectivity index (χ1) is 10.1. The number of rotatable bonds is 4. The predicted octanol–water partition coefficient (Wildman–Crippen LogP) is 3.48. The zero-order valence-corrected chi connectivity index (χ0v) is 12.8. The minimum Gasteiger partial charge on any atom is -0.478 e. The summed E-state index contributed by atoms with van der Waals surface area (Å²) in [7, 11) is 0. The number of aliphatic carboxylic acids is 1. The third-order valence-corrected chi connectivity index (χ3v) is 4.85. The van der Waals surface area contributed by atoms with E-state index < -0.39 is 5.97 Å². The number of aromatic nitrogens is 2. The molecule has 5 nitrogen and oxygen atoms in total. The summed E-state index contributed by atoms with van der Waals surface area (Å²) in [6.07, 6.45) is 3.32. The number of hydrogen-bond acceptors (Lipinski definition) is 4. The van der Waals surface area contributed by atoms with E-state index in [9.17, 15) is 9.90 Å². The topological polar surface area (TPSA) is 78.0 Å². The quantitative estimate of drug-likeness (QED) is 0.808. The Labute approximate surface area is 126 Å². The lowest BCUT2D eigenvalue weighted by Gasteiger charge is -2.27. The number of anilines is 1. The standard InChI is InChI=1S/C15H17N3O2S/c1-3-4-10-12(15(19)20)11(13-8(2)5-6-21-13)9-7-16-18-14(9)17-10/h5-7,11H,3-4H2,1-2H3,(H,19,20)(H2,16,17,18). The molecular weight excluding hydrogens is 286 g/mol. The van der Waals surface area contributed by atoms with Crippen LogP contribution in [0, 0.1) is 6.92 Å². The normalized spacial score (nSPS) is 17.5. The first-order valence-electron chi connectivity index (χ1n) is 6.94. The Morgan fingerprint density at radius 1 is 1.52 bits per heavy atom. The van der Waals surface area contributed by atoms with Gasteiger partial charge >= 0.3 is 5.97 Å². The van der Waals surface area contributed by atoms with Crippen molar-refractivity contribution in [1.82, 2.24) is 10.2 Å². The molecule has 0 bridgehead atoms. The maximum absolute atomic E-state index is 11.9. The molecule has 0 fully saturated rings. The van der Waals surface area contributed by atoms with Crippen molar-refractivity contribution in [3.8, 4) is 0 Å². The van der Waals surface area contributed by atoms with Crippen molar-refractivity contribution < 1.29 is 9.90 Å². The number of thiophene rings is 1. The molecule has 0 amide bonds. The molecule has 21 heavy (non-hydrogen) atoms. The van der Waals surface area contributed by atoms with Crippen LogP contribution in [0.3, 0.4) is 0 Å². The van der Waals surface area contributed by atoms with E-state index in [-0.39, 0.29) is 5.92 Å². The number of carboxylic acid groups (broad SMARTS) is 1. The molecule has 0 aliphatic carbocycles. The van der Waals surface area contributed by atoms with E-state index in [1.54, 1.807) is 17.5 Å². The van der Waals surface area contributed by atoms with Crippen LogP contribution >= 0.6 is 11.3 Å². The van der Waals surface area contributed by atoms with Crippen LogP contribution in [0.25, 0.3) is 0 Å². The summed E-state index contributed by atoms with van der Waals surface area (Å²) in [5, 5.41) is 22.0. The molecule has 0 radical (unpaired) electrons. The van der Waals surface area contributed by atoms with Crippen molar-refractivity contribution in [2.24, 2.45) is 0 Å². The van der Waals surface area contributed by atoms with Gasteiger partial charge in [-0.15, -0.1) is 11.3 Å². The lowest BCUT2D eigenvalue weighted by molar-refractivity contribution is -0.133. The molecule has 2 aromatic heterocycles. The van der Waals surface area contributed by atoms with E-state index in [1.807, 2.05) is 25.3 Å². The number of nitrogens with one attached hydrogen (secondary N) is 2. The van der Waals surface area contributed by atoms with Gasteiger partial charge in [-0.3, -0.25) is 5.10 Å². The van der Waals surface area contributed by atoms with Crippen LogP contribution in [0.5, 0.6) is 0 Å². The molecular formula is C15H17N3O2S. The Morgan fingerprint density at radius 3 is 2.95 bits per heavy atom. The molecule has 2 aromatic rings. The van der Waals surface area contributed by atoms with Crippen molar-refractivity contribution in [2.75, 3.05) is 5.32 Å². The summed E-state index contributed by atoms with van der Waals surface area (Å²) in [6, 6.07) is 2.03. The molecule has 0 saturated heterocycles. The van der Waals surface area contributed by atoms with Crippen LogP contribution < -0.4 is 5.32 Å². The summed E-state index contributed by atoms with van der Waals surface area (Å²) < 4.78 is 0. The molecule has 0 aromatic carbocycles. The van der Waals surface area contributed by atoms with Gasteiger partial charge in [0.15, 0.2) is 0 Å². The van der Waals surface area contributed by atoms with Crippen molar-refractivity contribution in [2.45, 2.75) is 32.6 Å². The number of aromatic amines is 1. The first kappa shape index (κ1) is 13.9. The monoisotopic (exact) mass is 303 g/mol. The summed E-state index contributed by atoms with van der Waals surface area (Å²) in [5.74, 6) is -0.309. The number of hydrogen-bond donors (Lipinski definition) is 3. The second-order valence-corrected chi connectivity index (χ2v) is 6.12. The minimum absolute atomic E-state index is 0.251. The zero-order chi connectivity index (χ0) is 15.0. The van der Waals surface area contributed by atoms with E-state index in [0.717, 1.165) is 33.9 Å². The Bertz CT molecular complexity index is 714. The average Bonchev–Trinajstić information content (AvgIpc) is 3.05. The van der Waals surface area contributed by atoms with Crippen LogP contribution in [-0.4, -0.2) is 21.3 Å². The van der Waals surface area contributed by atoms with Crippen molar-refractivity contribution >= 4 is 23.1 Å². The highest BCUT2D eigenvalue weighted by molar-refractivity contribution is 7.10. The molecule has 3 rings (SSSR count). The summed E-state index contributed by atoms with van der Waals surface area (Å²) >= 11 is 1.60. The Balaban J connectivity index is 2.21. The van der Waals surface area contributed by atoms with Crippen molar-refractivity contribution in [1.29, 1.82) is 0 Å². The molecule has 1 aliphatic heterocycles. The summed E-state index contributed by atoms with van der Waals surface area (Å²) in [4.78, 5) is 12.9. The van der Waals surface area contributed by atoms with Crippen LogP contribution in [0.1, 0.15) is 41.7 Å². The van der Waals surface area contributed by atoms with E-state index in [4.69, 9.17) is 0 Å². The van der Waals surface area contributed by atoms with Gasteiger partial charge in [0.05, 0.1) is 17.7 Å². The van der Waals surface area contributed by atoms with Crippen LogP contribution in [0.2, 0.25) is 0 Å². The molecule has 0 spiro atoms. The predicted molar refractivity (Wildman–Crippen MR) is 82.7 cm³/mol. The number of fused-ring (bicyclic) bond motifs is 1. The maximum Gasteiger partial charge on any atom is 0.334 e. The van der Waals surface area contributed by atoms with Gasteiger partial charge < -0.3 is 10.4 Å². The SMILES string of the molecule is CCCC1=C(C(=O)O)C(c2sccc2C)c2cn[nH]c2N1. The van der Waals surface area contributed by atoms with E-state index in [1.165, 1.54) is 0 Å². The number of nitrogens with zero attached hydrogens (tertiary/aromatic N) is 1. The second-order valence-electron chi connectivity index (χ2n) is 5.17. The first-order valence-corrected chi connectivity index (χ1v) is 7.82. The highest BCUT2D eigenvalue weighted by atomic mass is 32.1. The molecule has 1 unspecified atom stereocenters. The molecule has 0 saturated carbocycles. The highest BCUT2D eigenvalue weighted by Crippen LogP contribution is 2.44. The molecule has 1 atom stereocenters. The van der Waals surface area contributed by atoms with Gasteiger partial charge in [-0.05, 0) is 30.4 Å². The van der Waals surface area contributed by atoms with Gasteiger partial charge in [0.2, 0.25) is 0 Å². The van der Waals surface area contributed by atoms with E-state index in [2.05, 4.69) is 15.5 Å². The van der Waals surface area contributed by atoms with Gasteiger partial charge in [0.25, 0.3) is 0 Å². The second kappa shape index (κ2) is 5.37. The Morgan fingerprint density at radius 2 is 2.33 bits per heavy atom. The fourth-order valence-corrected chi connectivity index (χ4v) is 3.87. The largest absolute Gasteiger partial charge is 0.478 e. The summed E-state index contributed by atoms with van der Waals surface area (Å²) in [6.45, 7) is 4.06. The fraction of sp³-hybridized carbons (Fsp3) is 0.333. The number of allylic oxidation sites excluding steroid dienone is 1. The number of H-pyrrole nitrogens is 1. The third-order valence-electron chi connectivity index (χ3n) is 3.76. The van der Waals surface area contributed by atoms with Gasteiger partial charge in [-0.1, -0.05) is 13.3 Å². The van der Waals surface area contributed by atoms with Crippen LogP contribution in [0.4, 0.5) is 5.82 Å². The highest BCUT2D eigenvalue weighted by Gasteiger charge is 2.35. The zero-order valence-electron chi connectivity index (χ0n) is 11.9. The average molecular weight is 303 g/mol. The molecule has 3 N–H and O–H groups in total. The number of carbonyl (C=O) groups is 1. The lowest BCUT2D eigenvalue weighted by atomic mass is 9.85. The maximum atomic E-state index is 11.9. The smallest absolute Gasteiger partial charge is 0.334 e. The molecule has 110 valence electrons. The van der Waals surface area contributed by atoms with Gasteiger partial charge in [0, 0.05) is 16.1 Å². The van der Waals surface area contributed by atoms with E-state index >= 15 is 0 Å².